The minimum absolute atomic E-state index is 0.132. The van der Waals surface area contributed by atoms with Crippen LogP contribution in [0.15, 0.2) is 30.7 Å². The van der Waals surface area contributed by atoms with Crippen LogP contribution in [0, 0.1) is 0 Å². The Morgan fingerprint density at radius 1 is 1.27 bits per heavy atom. The van der Waals surface area contributed by atoms with Gasteiger partial charge in [0.05, 0.1) is 11.9 Å². The molecule has 3 aromatic heterocycles. The SMILES string of the molecule is O=S(=O)(CC(F)(F)F)N1CC=C(c2nncc3cnc4[nH]ccc4c23)C1. The number of nitrogens with zero attached hydrogens (tertiary/aromatic N) is 4. The van der Waals surface area contributed by atoms with Crippen LogP contribution < -0.4 is 0 Å². The van der Waals surface area contributed by atoms with E-state index in [9.17, 15) is 21.6 Å². The number of H-pyrrole nitrogens is 1. The van der Waals surface area contributed by atoms with Crippen molar-refractivity contribution in [2.75, 3.05) is 18.8 Å². The lowest BCUT2D eigenvalue weighted by Crippen LogP contribution is -2.36. The Bertz CT molecular complexity index is 1140. The van der Waals surface area contributed by atoms with E-state index in [0.717, 1.165) is 15.1 Å². The van der Waals surface area contributed by atoms with Gasteiger partial charge in [-0.15, -0.1) is 0 Å². The summed E-state index contributed by atoms with van der Waals surface area (Å²) in [6.07, 6.45) is 1.64. The first-order valence-corrected chi connectivity index (χ1v) is 9.17. The number of pyridine rings is 1. The summed E-state index contributed by atoms with van der Waals surface area (Å²) < 4.78 is 62.3. The highest BCUT2D eigenvalue weighted by Gasteiger charge is 2.39. The van der Waals surface area contributed by atoms with E-state index in [1.807, 2.05) is 6.07 Å². The van der Waals surface area contributed by atoms with Crippen molar-refractivity contribution in [1.29, 1.82) is 0 Å². The first-order chi connectivity index (χ1) is 12.2. The monoisotopic (exact) mass is 383 g/mol. The van der Waals surface area contributed by atoms with Crippen LogP contribution in [0.2, 0.25) is 0 Å². The molecule has 0 amide bonds. The number of rotatable bonds is 3. The Labute approximate surface area is 145 Å². The molecule has 1 aliphatic rings. The van der Waals surface area contributed by atoms with Gasteiger partial charge in [-0.2, -0.15) is 27.7 Å². The number of sulfonamides is 1. The Hall–Kier alpha value is -2.53. The van der Waals surface area contributed by atoms with Crippen molar-refractivity contribution in [1.82, 2.24) is 24.5 Å². The summed E-state index contributed by atoms with van der Waals surface area (Å²) >= 11 is 0. The van der Waals surface area contributed by atoms with Crippen molar-refractivity contribution in [3.8, 4) is 0 Å². The molecule has 0 bridgehead atoms. The lowest BCUT2D eigenvalue weighted by atomic mass is 10.1. The van der Waals surface area contributed by atoms with E-state index < -0.39 is 22.0 Å². The van der Waals surface area contributed by atoms with Gasteiger partial charge in [-0.05, 0) is 11.6 Å². The summed E-state index contributed by atoms with van der Waals surface area (Å²) in [4.78, 5) is 7.24. The third-order valence-electron chi connectivity index (χ3n) is 4.14. The first-order valence-electron chi connectivity index (χ1n) is 7.56. The number of nitrogens with one attached hydrogen (secondary N) is 1. The number of aromatic amines is 1. The molecule has 1 N–H and O–H groups in total. The molecule has 1 aliphatic heterocycles. The fraction of sp³-hybridized carbons (Fsp3) is 0.267. The molecule has 0 aromatic carbocycles. The van der Waals surface area contributed by atoms with E-state index in [4.69, 9.17) is 0 Å². The molecule has 0 unspecified atom stereocenters. The summed E-state index contributed by atoms with van der Waals surface area (Å²) in [5.41, 5.74) is 1.59. The van der Waals surface area contributed by atoms with Crippen LogP contribution in [-0.2, 0) is 10.0 Å². The lowest BCUT2D eigenvalue weighted by Gasteiger charge is -2.17. The highest BCUT2D eigenvalue weighted by atomic mass is 32.2. The van der Waals surface area contributed by atoms with Crippen LogP contribution in [0.5, 0.6) is 0 Å². The molecule has 0 atom stereocenters. The quantitative estimate of drug-likeness (QED) is 0.748. The summed E-state index contributed by atoms with van der Waals surface area (Å²) in [6, 6.07) is 1.81. The molecular weight excluding hydrogens is 371 g/mol. The molecule has 7 nitrogen and oxygen atoms in total. The Balaban J connectivity index is 1.73. The Morgan fingerprint density at radius 3 is 2.85 bits per heavy atom. The number of halogens is 3. The van der Waals surface area contributed by atoms with E-state index >= 15 is 0 Å². The average molecular weight is 383 g/mol. The second kappa shape index (κ2) is 5.74. The van der Waals surface area contributed by atoms with Crippen molar-refractivity contribution in [2.24, 2.45) is 0 Å². The van der Waals surface area contributed by atoms with Crippen molar-refractivity contribution in [3.05, 3.63) is 36.4 Å². The maximum Gasteiger partial charge on any atom is 0.404 e. The smallest absolute Gasteiger partial charge is 0.346 e. The molecule has 11 heteroatoms. The zero-order chi connectivity index (χ0) is 18.5. The summed E-state index contributed by atoms with van der Waals surface area (Å²) in [5, 5.41) is 10.2. The van der Waals surface area contributed by atoms with Crippen LogP contribution in [0.4, 0.5) is 13.2 Å². The fourth-order valence-corrected chi connectivity index (χ4v) is 4.26. The molecule has 0 radical (unpaired) electrons. The van der Waals surface area contributed by atoms with Crippen molar-refractivity contribution in [2.45, 2.75) is 6.18 Å². The minimum Gasteiger partial charge on any atom is -0.346 e. The topological polar surface area (TPSA) is 91.8 Å². The molecule has 0 fully saturated rings. The Kier molecular flexibility index (Phi) is 3.74. The van der Waals surface area contributed by atoms with Crippen molar-refractivity contribution in [3.63, 3.8) is 0 Å². The molecule has 3 aromatic rings. The van der Waals surface area contributed by atoms with Gasteiger partial charge >= 0.3 is 6.18 Å². The summed E-state index contributed by atoms with van der Waals surface area (Å²) in [6.45, 7) is -0.312. The van der Waals surface area contributed by atoms with E-state index in [0.29, 0.717) is 22.3 Å². The zero-order valence-corrected chi connectivity index (χ0v) is 14.0. The molecule has 4 heterocycles. The van der Waals surface area contributed by atoms with Gasteiger partial charge in [0.2, 0.25) is 10.0 Å². The second-order valence-corrected chi connectivity index (χ2v) is 7.88. The maximum absolute atomic E-state index is 12.5. The van der Waals surface area contributed by atoms with Gasteiger partial charge in [-0.3, -0.25) is 0 Å². The molecule has 0 aliphatic carbocycles. The molecule has 0 spiro atoms. The first kappa shape index (κ1) is 16.9. The lowest BCUT2D eigenvalue weighted by molar-refractivity contribution is -0.106. The molecular formula is C15H12F3N5O2S. The third kappa shape index (κ3) is 2.92. The third-order valence-corrected chi connectivity index (χ3v) is 5.90. The molecule has 26 heavy (non-hydrogen) atoms. The second-order valence-electron chi connectivity index (χ2n) is 5.91. The van der Waals surface area contributed by atoms with Crippen LogP contribution >= 0.6 is 0 Å². The van der Waals surface area contributed by atoms with Gasteiger partial charge in [0, 0.05) is 41.6 Å². The van der Waals surface area contributed by atoms with Crippen LogP contribution in [0.25, 0.3) is 27.4 Å². The van der Waals surface area contributed by atoms with Crippen LogP contribution in [0.1, 0.15) is 5.69 Å². The number of fused-ring (bicyclic) bond motifs is 3. The highest BCUT2D eigenvalue weighted by molar-refractivity contribution is 7.89. The summed E-state index contributed by atoms with van der Waals surface area (Å²) in [7, 11) is -4.45. The predicted molar refractivity (Wildman–Crippen MR) is 88.6 cm³/mol. The van der Waals surface area contributed by atoms with Gasteiger partial charge in [0.25, 0.3) is 0 Å². The predicted octanol–water partition coefficient (Wildman–Crippen LogP) is 2.10. The van der Waals surface area contributed by atoms with Gasteiger partial charge in [0.15, 0.2) is 5.75 Å². The van der Waals surface area contributed by atoms with Crippen molar-refractivity contribution >= 4 is 37.4 Å². The van der Waals surface area contributed by atoms with Gasteiger partial charge in [0.1, 0.15) is 5.65 Å². The van der Waals surface area contributed by atoms with E-state index in [-0.39, 0.29) is 13.1 Å². The van der Waals surface area contributed by atoms with Crippen molar-refractivity contribution < 1.29 is 21.6 Å². The van der Waals surface area contributed by atoms with Gasteiger partial charge in [-0.25, -0.2) is 13.4 Å². The molecule has 0 saturated carbocycles. The molecule has 4 rings (SSSR count). The van der Waals surface area contributed by atoms with Crippen LogP contribution in [0.3, 0.4) is 0 Å². The normalized spacial score (nSPS) is 16.5. The van der Waals surface area contributed by atoms with Gasteiger partial charge in [-0.1, -0.05) is 6.08 Å². The zero-order valence-electron chi connectivity index (χ0n) is 13.2. The number of alkyl halides is 3. The highest BCUT2D eigenvalue weighted by Crippen LogP contribution is 2.32. The van der Waals surface area contributed by atoms with Crippen LogP contribution in [-0.4, -0.2) is 57.9 Å². The molecule has 136 valence electrons. The summed E-state index contributed by atoms with van der Waals surface area (Å²) in [5.74, 6) is -1.88. The van der Waals surface area contributed by atoms with Gasteiger partial charge < -0.3 is 4.98 Å². The molecule has 0 saturated heterocycles. The standard InChI is InChI=1S/C15H12F3N5O2S/c16-15(17,18)8-26(24,25)23-4-2-9(7-23)13-12-10(6-21-22-13)5-20-14-11(12)1-3-19-14/h1-3,5-6H,4,7-8H2,(H,19,20). The van der Waals surface area contributed by atoms with E-state index in [1.165, 1.54) is 6.20 Å². The Morgan fingerprint density at radius 2 is 2.08 bits per heavy atom. The minimum atomic E-state index is -4.79. The number of hydrogen-bond acceptors (Lipinski definition) is 5. The number of aromatic nitrogens is 4. The van der Waals surface area contributed by atoms with E-state index in [2.05, 4.69) is 20.2 Å². The largest absolute Gasteiger partial charge is 0.404 e. The van der Waals surface area contributed by atoms with E-state index in [1.54, 1.807) is 18.5 Å². The average Bonchev–Trinajstić information content (AvgIpc) is 3.21. The number of hydrogen-bond donors (Lipinski definition) is 1. The maximum atomic E-state index is 12.5. The fourth-order valence-electron chi connectivity index (χ4n) is 3.02.